The molecule has 0 radical (unpaired) electrons. The van der Waals surface area contributed by atoms with E-state index in [-0.39, 0.29) is 0 Å². The van der Waals surface area contributed by atoms with Crippen molar-refractivity contribution in [2.75, 3.05) is 0 Å². The molecule has 0 saturated carbocycles. The van der Waals surface area contributed by atoms with Crippen LogP contribution < -0.4 is 4.74 Å². The van der Waals surface area contributed by atoms with Crippen LogP contribution in [-0.4, -0.2) is 5.11 Å². The van der Waals surface area contributed by atoms with Crippen molar-refractivity contribution in [3.8, 4) is 5.75 Å². The highest BCUT2D eigenvalue weighted by atomic mass is 16.5. The Morgan fingerprint density at radius 3 is 2.29 bits per heavy atom. The van der Waals surface area contributed by atoms with Crippen molar-refractivity contribution in [3.05, 3.63) is 65.2 Å². The molecule has 112 valence electrons. The second-order valence-corrected chi connectivity index (χ2v) is 5.65. The summed E-state index contributed by atoms with van der Waals surface area (Å²) in [5.74, 6) is 1.31. The molecule has 1 unspecified atom stereocenters. The van der Waals surface area contributed by atoms with Gasteiger partial charge in [-0.3, -0.25) is 0 Å². The Bertz CT molecular complexity index is 558. The zero-order valence-electron chi connectivity index (χ0n) is 13.0. The fraction of sp³-hybridized carbons (Fsp3) is 0.368. The lowest BCUT2D eigenvalue weighted by molar-refractivity contribution is 0.166. The lowest BCUT2D eigenvalue weighted by Gasteiger charge is -2.15. The van der Waals surface area contributed by atoms with E-state index in [0.717, 1.165) is 16.9 Å². The van der Waals surface area contributed by atoms with Crippen LogP contribution in [0.3, 0.4) is 0 Å². The molecular formula is C19H24O2. The third kappa shape index (κ3) is 4.08. The molecule has 0 aromatic heterocycles. The van der Waals surface area contributed by atoms with Crippen LogP contribution in [-0.2, 0) is 6.61 Å². The van der Waals surface area contributed by atoms with Crippen LogP contribution in [0.25, 0.3) is 0 Å². The quantitative estimate of drug-likeness (QED) is 0.823. The Hall–Kier alpha value is -1.80. The maximum absolute atomic E-state index is 10.0. The van der Waals surface area contributed by atoms with E-state index in [9.17, 15) is 5.11 Å². The minimum absolute atomic E-state index is 0.468. The van der Waals surface area contributed by atoms with Crippen LogP contribution in [0.5, 0.6) is 5.75 Å². The van der Waals surface area contributed by atoms with Gasteiger partial charge in [0, 0.05) is 5.56 Å². The summed E-state index contributed by atoms with van der Waals surface area (Å²) in [5.41, 5.74) is 3.33. The molecule has 2 rings (SSSR count). The van der Waals surface area contributed by atoms with Gasteiger partial charge in [-0.2, -0.15) is 0 Å². The first-order chi connectivity index (χ1) is 10.1. The SMILES string of the molecule is CCC(O)c1ccccc1OCc1ccc(C(C)C)cc1. The lowest BCUT2D eigenvalue weighted by Crippen LogP contribution is -2.02. The van der Waals surface area contributed by atoms with Gasteiger partial charge >= 0.3 is 0 Å². The van der Waals surface area contributed by atoms with E-state index in [1.54, 1.807) is 0 Å². The van der Waals surface area contributed by atoms with Gasteiger partial charge in [0.2, 0.25) is 0 Å². The van der Waals surface area contributed by atoms with E-state index < -0.39 is 6.10 Å². The molecule has 0 aliphatic heterocycles. The first kappa shape index (κ1) is 15.6. The number of aliphatic hydroxyl groups excluding tert-OH is 1. The van der Waals surface area contributed by atoms with Gasteiger partial charge in [-0.1, -0.05) is 63.2 Å². The molecule has 2 aromatic carbocycles. The van der Waals surface area contributed by atoms with Crippen molar-refractivity contribution >= 4 is 0 Å². The minimum Gasteiger partial charge on any atom is -0.489 e. The van der Waals surface area contributed by atoms with Gasteiger partial charge in [0.1, 0.15) is 12.4 Å². The number of para-hydroxylation sites is 1. The summed E-state index contributed by atoms with van der Waals surface area (Å²) in [5, 5.41) is 10.0. The zero-order valence-corrected chi connectivity index (χ0v) is 13.0. The van der Waals surface area contributed by atoms with E-state index >= 15 is 0 Å². The molecular weight excluding hydrogens is 260 g/mol. The predicted octanol–water partition coefficient (Wildman–Crippen LogP) is 4.83. The molecule has 2 nitrogen and oxygen atoms in total. The van der Waals surface area contributed by atoms with Gasteiger partial charge in [0.15, 0.2) is 0 Å². The highest BCUT2D eigenvalue weighted by molar-refractivity contribution is 5.35. The van der Waals surface area contributed by atoms with Crippen LogP contribution in [0.4, 0.5) is 0 Å². The minimum atomic E-state index is -0.468. The Morgan fingerprint density at radius 1 is 1.00 bits per heavy atom. The van der Waals surface area contributed by atoms with Crippen molar-refractivity contribution in [2.24, 2.45) is 0 Å². The molecule has 1 N–H and O–H groups in total. The first-order valence-corrected chi connectivity index (χ1v) is 7.60. The summed E-state index contributed by atoms with van der Waals surface area (Å²) < 4.78 is 5.89. The third-order valence-corrected chi connectivity index (χ3v) is 3.71. The average molecular weight is 284 g/mol. The smallest absolute Gasteiger partial charge is 0.125 e. The maximum atomic E-state index is 10.0. The summed E-state index contributed by atoms with van der Waals surface area (Å²) >= 11 is 0. The number of benzene rings is 2. The van der Waals surface area contributed by atoms with Crippen molar-refractivity contribution in [3.63, 3.8) is 0 Å². The second-order valence-electron chi connectivity index (χ2n) is 5.65. The monoisotopic (exact) mass is 284 g/mol. The number of hydrogen-bond donors (Lipinski definition) is 1. The van der Waals surface area contributed by atoms with Crippen molar-refractivity contribution in [1.82, 2.24) is 0 Å². The van der Waals surface area contributed by atoms with Crippen molar-refractivity contribution < 1.29 is 9.84 Å². The Kier molecular flexibility index (Phi) is 5.40. The first-order valence-electron chi connectivity index (χ1n) is 7.60. The molecule has 0 amide bonds. The third-order valence-electron chi connectivity index (χ3n) is 3.71. The molecule has 0 aliphatic rings. The average Bonchev–Trinajstić information content (AvgIpc) is 2.52. The zero-order chi connectivity index (χ0) is 15.2. The van der Waals surface area contributed by atoms with E-state index in [0.29, 0.717) is 18.9 Å². The summed E-state index contributed by atoms with van der Waals surface area (Å²) in [7, 11) is 0. The van der Waals surface area contributed by atoms with Gasteiger partial charge in [0.25, 0.3) is 0 Å². The summed E-state index contributed by atoms with van der Waals surface area (Å²) in [6.07, 6.45) is 0.216. The fourth-order valence-corrected chi connectivity index (χ4v) is 2.27. The standard InChI is InChI=1S/C19H24O2/c1-4-18(20)17-7-5-6-8-19(17)21-13-15-9-11-16(12-10-15)14(2)3/h5-12,14,18,20H,4,13H2,1-3H3. The molecule has 2 aromatic rings. The predicted molar refractivity (Wildman–Crippen MR) is 86.6 cm³/mol. The number of ether oxygens (including phenoxy) is 1. The molecule has 2 heteroatoms. The highest BCUT2D eigenvalue weighted by Gasteiger charge is 2.11. The number of rotatable bonds is 6. The van der Waals surface area contributed by atoms with Crippen molar-refractivity contribution in [2.45, 2.75) is 45.8 Å². The second kappa shape index (κ2) is 7.28. The molecule has 0 spiro atoms. The lowest BCUT2D eigenvalue weighted by atomic mass is 10.0. The molecule has 0 saturated heterocycles. The Balaban J connectivity index is 2.06. The maximum Gasteiger partial charge on any atom is 0.125 e. The van der Waals surface area contributed by atoms with Crippen molar-refractivity contribution in [1.29, 1.82) is 0 Å². The van der Waals surface area contributed by atoms with Gasteiger partial charge < -0.3 is 9.84 Å². The summed E-state index contributed by atoms with van der Waals surface area (Å²) in [6.45, 7) is 6.86. The highest BCUT2D eigenvalue weighted by Crippen LogP contribution is 2.27. The Labute approximate surface area is 127 Å². The van der Waals surface area contributed by atoms with Gasteiger partial charge in [-0.05, 0) is 29.5 Å². The van der Waals surface area contributed by atoms with Gasteiger partial charge in [-0.25, -0.2) is 0 Å². The van der Waals surface area contributed by atoms with Crippen LogP contribution in [0.2, 0.25) is 0 Å². The normalized spacial score (nSPS) is 12.4. The largest absolute Gasteiger partial charge is 0.489 e. The fourth-order valence-electron chi connectivity index (χ4n) is 2.27. The molecule has 0 aliphatic carbocycles. The van der Waals surface area contributed by atoms with Crippen LogP contribution in [0.1, 0.15) is 55.9 Å². The van der Waals surface area contributed by atoms with Gasteiger partial charge in [0.05, 0.1) is 6.10 Å². The summed E-state index contributed by atoms with van der Waals surface area (Å²) in [4.78, 5) is 0. The summed E-state index contributed by atoms with van der Waals surface area (Å²) in [6, 6.07) is 16.2. The van der Waals surface area contributed by atoms with E-state index in [1.807, 2.05) is 31.2 Å². The van der Waals surface area contributed by atoms with E-state index in [4.69, 9.17) is 4.74 Å². The number of hydrogen-bond acceptors (Lipinski definition) is 2. The van der Waals surface area contributed by atoms with Crippen LogP contribution >= 0.6 is 0 Å². The molecule has 1 atom stereocenters. The molecule has 0 bridgehead atoms. The molecule has 21 heavy (non-hydrogen) atoms. The van der Waals surface area contributed by atoms with E-state index in [1.165, 1.54) is 5.56 Å². The van der Waals surface area contributed by atoms with Crippen LogP contribution in [0, 0.1) is 0 Å². The van der Waals surface area contributed by atoms with Crippen LogP contribution in [0.15, 0.2) is 48.5 Å². The Morgan fingerprint density at radius 2 is 1.67 bits per heavy atom. The van der Waals surface area contributed by atoms with Gasteiger partial charge in [-0.15, -0.1) is 0 Å². The van der Waals surface area contributed by atoms with E-state index in [2.05, 4.69) is 38.1 Å². The molecule has 0 fully saturated rings. The topological polar surface area (TPSA) is 29.5 Å². The molecule has 0 heterocycles. The number of aliphatic hydroxyl groups is 1.